The first-order valence-electron chi connectivity index (χ1n) is 8.31. The van der Waals surface area contributed by atoms with Crippen molar-refractivity contribution in [3.63, 3.8) is 0 Å². The van der Waals surface area contributed by atoms with Crippen LogP contribution in [0.4, 0.5) is 4.39 Å². The number of piperidine rings is 1. The molecule has 1 saturated heterocycles. The van der Waals surface area contributed by atoms with Gasteiger partial charge in [0.25, 0.3) is 5.91 Å². The summed E-state index contributed by atoms with van der Waals surface area (Å²) in [6.07, 6.45) is 1.69. The maximum Gasteiger partial charge on any atom is 0.255 e. The first-order chi connectivity index (χ1) is 12.1. The largest absolute Gasteiger partial charge is 0.342 e. The number of H-pyrrole nitrogens is 1. The quantitative estimate of drug-likeness (QED) is 0.687. The van der Waals surface area contributed by atoms with Gasteiger partial charge in [0.05, 0.1) is 16.6 Å². The minimum absolute atomic E-state index is 0.130. The minimum Gasteiger partial charge on any atom is -0.342 e. The molecule has 1 aromatic heterocycles. The molecule has 0 unspecified atom stereocenters. The summed E-state index contributed by atoms with van der Waals surface area (Å²) < 4.78 is 14.1. The zero-order valence-corrected chi connectivity index (χ0v) is 15.1. The van der Waals surface area contributed by atoms with Crippen molar-refractivity contribution in [1.82, 2.24) is 14.9 Å². The Bertz CT molecular complexity index is 898. The fraction of sp³-hybridized carbons (Fsp3) is 0.263. The Hall–Kier alpha value is -2.21. The third-order valence-electron chi connectivity index (χ3n) is 4.74. The van der Waals surface area contributed by atoms with E-state index < -0.39 is 5.82 Å². The van der Waals surface area contributed by atoms with Crippen LogP contribution in [0.2, 0.25) is 0 Å². The number of imidazole rings is 1. The van der Waals surface area contributed by atoms with Gasteiger partial charge >= 0.3 is 0 Å². The molecule has 1 aliphatic rings. The first-order valence-corrected chi connectivity index (χ1v) is 9.10. The molecule has 0 aliphatic carbocycles. The van der Waals surface area contributed by atoms with Crippen LogP contribution in [0.15, 0.2) is 46.9 Å². The first kappa shape index (κ1) is 16.3. The van der Waals surface area contributed by atoms with Gasteiger partial charge in [0, 0.05) is 23.5 Å². The van der Waals surface area contributed by atoms with Gasteiger partial charge in [-0.05, 0) is 59.1 Å². The highest BCUT2D eigenvalue weighted by atomic mass is 79.9. The standard InChI is InChI=1S/C19H17BrFN3O/c20-15-6-5-13(21)11-14(15)19(25)24-9-7-12(8-10-24)18-22-16-3-1-2-4-17(16)23-18/h1-6,11-12H,7-10H2,(H,22,23). The number of amides is 1. The second-order valence-electron chi connectivity index (χ2n) is 6.33. The molecule has 25 heavy (non-hydrogen) atoms. The van der Waals surface area contributed by atoms with E-state index in [0.717, 1.165) is 29.7 Å². The number of fused-ring (bicyclic) bond motifs is 1. The highest BCUT2D eigenvalue weighted by molar-refractivity contribution is 9.10. The van der Waals surface area contributed by atoms with Crippen LogP contribution in [-0.2, 0) is 0 Å². The van der Waals surface area contributed by atoms with Gasteiger partial charge in [0.1, 0.15) is 11.6 Å². The van der Waals surface area contributed by atoms with Gasteiger partial charge in [0.15, 0.2) is 0 Å². The van der Waals surface area contributed by atoms with Crippen LogP contribution >= 0.6 is 15.9 Å². The van der Waals surface area contributed by atoms with E-state index in [1.165, 1.54) is 12.1 Å². The van der Waals surface area contributed by atoms with E-state index in [9.17, 15) is 9.18 Å². The summed E-state index contributed by atoms with van der Waals surface area (Å²) in [4.78, 5) is 22.5. The molecule has 2 heterocycles. The van der Waals surface area contributed by atoms with E-state index in [4.69, 9.17) is 0 Å². The lowest BCUT2D eigenvalue weighted by Gasteiger charge is -2.31. The molecule has 0 bridgehead atoms. The number of likely N-dealkylation sites (tertiary alicyclic amines) is 1. The summed E-state index contributed by atoms with van der Waals surface area (Å²) in [7, 11) is 0. The second kappa shape index (κ2) is 6.59. The molecule has 0 atom stereocenters. The molecule has 6 heteroatoms. The Labute approximate surface area is 153 Å². The monoisotopic (exact) mass is 401 g/mol. The number of hydrogen-bond donors (Lipinski definition) is 1. The number of para-hydroxylation sites is 2. The topological polar surface area (TPSA) is 49.0 Å². The molecule has 1 aliphatic heterocycles. The third-order valence-corrected chi connectivity index (χ3v) is 5.43. The number of halogens is 2. The maximum atomic E-state index is 13.5. The van der Waals surface area contributed by atoms with Crippen LogP contribution < -0.4 is 0 Å². The Morgan fingerprint density at radius 2 is 1.96 bits per heavy atom. The molecule has 0 radical (unpaired) electrons. The zero-order valence-electron chi connectivity index (χ0n) is 13.5. The molecule has 128 valence electrons. The van der Waals surface area contributed by atoms with Gasteiger partial charge in [-0.25, -0.2) is 9.37 Å². The predicted octanol–water partition coefficient (Wildman–Crippen LogP) is 4.48. The smallest absolute Gasteiger partial charge is 0.255 e. The normalized spacial score (nSPS) is 15.7. The highest BCUT2D eigenvalue weighted by Gasteiger charge is 2.27. The third kappa shape index (κ3) is 3.18. The van der Waals surface area contributed by atoms with Gasteiger partial charge in [-0.1, -0.05) is 12.1 Å². The Morgan fingerprint density at radius 1 is 1.20 bits per heavy atom. The fourth-order valence-corrected chi connectivity index (χ4v) is 3.77. The van der Waals surface area contributed by atoms with E-state index in [1.807, 2.05) is 24.3 Å². The van der Waals surface area contributed by atoms with Gasteiger partial charge in [0.2, 0.25) is 0 Å². The van der Waals surface area contributed by atoms with E-state index in [-0.39, 0.29) is 5.91 Å². The molecule has 0 saturated carbocycles. The van der Waals surface area contributed by atoms with Gasteiger partial charge in [-0.3, -0.25) is 4.79 Å². The van der Waals surface area contributed by atoms with Crippen molar-refractivity contribution in [1.29, 1.82) is 0 Å². The van der Waals surface area contributed by atoms with E-state index >= 15 is 0 Å². The van der Waals surface area contributed by atoms with E-state index in [1.54, 1.807) is 11.0 Å². The minimum atomic E-state index is -0.399. The Balaban J connectivity index is 1.47. The maximum absolute atomic E-state index is 13.5. The number of aromatic nitrogens is 2. The van der Waals surface area contributed by atoms with Gasteiger partial charge in [-0.15, -0.1) is 0 Å². The van der Waals surface area contributed by atoms with E-state index in [2.05, 4.69) is 25.9 Å². The molecule has 3 aromatic rings. The summed E-state index contributed by atoms with van der Waals surface area (Å²) in [6, 6.07) is 12.2. The Morgan fingerprint density at radius 3 is 2.72 bits per heavy atom. The van der Waals surface area contributed by atoms with Crippen molar-refractivity contribution in [3.8, 4) is 0 Å². The van der Waals surface area contributed by atoms with Gasteiger partial charge in [-0.2, -0.15) is 0 Å². The van der Waals surface area contributed by atoms with Crippen LogP contribution in [-0.4, -0.2) is 33.9 Å². The average Bonchev–Trinajstić information content (AvgIpc) is 3.07. The Kier molecular flexibility index (Phi) is 4.29. The number of aromatic amines is 1. The zero-order chi connectivity index (χ0) is 17.4. The number of benzene rings is 2. The molecule has 2 aromatic carbocycles. The van der Waals surface area contributed by atoms with Crippen LogP contribution in [0.25, 0.3) is 11.0 Å². The lowest BCUT2D eigenvalue weighted by Crippen LogP contribution is -2.38. The molecular weight excluding hydrogens is 385 g/mol. The summed E-state index contributed by atoms with van der Waals surface area (Å²) >= 11 is 3.34. The average molecular weight is 402 g/mol. The summed E-state index contributed by atoms with van der Waals surface area (Å²) in [5.74, 6) is 0.769. The van der Waals surface area contributed by atoms with Crippen LogP contribution in [0, 0.1) is 5.82 Å². The number of nitrogens with zero attached hydrogens (tertiary/aromatic N) is 2. The molecule has 1 fully saturated rings. The van der Waals surface area contributed by atoms with Crippen LogP contribution in [0.1, 0.15) is 34.9 Å². The molecular formula is C19H17BrFN3O. The van der Waals surface area contributed by atoms with Crippen LogP contribution in [0.5, 0.6) is 0 Å². The molecule has 0 spiro atoms. The number of rotatable bonds is 2. The number of nitrogens with one attached hydrogen (secondary N) is 1. The molecule has 1 amide bonds. The SMILES string of the molecule is O=C(c1cc(F)ccc1Br)N1CCC(c2nc3ccccc3[nH]2)CC1. The summed E-state index contributed by atoms with van der Waals surface area (Å²) in [6.45, 7) is 1.28. The number of hydrogen-bond acceptors (Lipinski definition) is 2. The van der Waals surface area contributed by atoms with Crippen LogP contribution in [0.3, 0.4) is 0 Å². The van der Waals surface area contributed by atoms with Crippen molar-refractivity contribution in [2.24, 2.45) is 0 Å². The van der Waals surface area contributed by atoms with E-state index in [0.29, 0.717) is 29.0 Å². The summed E-state index contributed by atoms with van der Waals surface area (Å²) in [5.41, 5.74) is 2.39. The van der Waals surface area contributed by atoms with Crippen molar-refractivity contribution >= 4 is 32.9 Å². The highest BCUT2D eigenvalue weighted by Crippen LogP contribution is 2.29. The number of carbonyl (C=O) groups excluding carboxylic acids is 1. The molecule has 1 N–H and O–H groups in total. The second-order valence-corrected chi connectivity index (χ2v) is 7.18. The summed E-state index contributed by atoms with van der Waals surface area (Å²) in [5, 5.41) is 0. The van der Waals surface area contributed by atoms with Crippen molar-refractivity contribution in [3.05, 3.63) is 64.1 Å². The fourth-order valence-electron chi connectivity index (χ4n) is 3.35. The molecule has 4 nitrogen and oxygen atoms in total. The van der Waals surface area contributed by atoms with Crippen molar-refractivity contribution in [2.45, 2.75) is 18.8 Å². The van der Waals surface area contributed by atoms with Crippen molar-refractivity contribution < 1.29 is 9.18 Å². The van der Waals surface area contributed by atoms with Gasteiger partial charge < -0.3 is 9.88 Å². The number of carbonyl (C=O) groups is 1. The lowest BCUT2D eigenvalue weighted by atomic mass is 9.95. The van der Waals surface area contributed by atoms with Crippen molar-refractivity contribution in [2.75, 3.05) is 13.1 Å². The molecule has 4 rings (SSSR count). The predicted molar refractivity (Wildman–Crippen MR) is 98.1 cm³/mol. The lowest BCUT2D eigenvalue weighted by molar-refractivity contribution is 0.0710.